The number of nitrogens with two attached hydrogens (primary N) is 1. The minimum atomic E-state index is 0.337. The summed E-state index contributed by atoms with van der Waals surface area (Å²) in [4.78, 5) is 2.79. The van der Waals surface area contributed by atoms with E-state index in [1.54, 1.807) is 0 Å². The van der Waals surface area contributed by atoms with Crippen LogP contribution in [0, 0.1) is 24.7 Å². The van der Waals surface area contributed by atoms with Crippen molar-refractivity contribution < 1.29 is 0 Å². The zero-order chi connectivity index (χ0) is 9.71. The third-order valence-electron chi connectivity index (χ3n) is 3.98. The molecule has 3 rings (SSSR count). The molecule has 2 N–H and O–H groups in total. The average Bonchev–Trinajstić information content (AvgIpc) is 2.56. The second-order valence-corrected chi connectivity index (χ2v) is 6.13. The van der Waals surface area contributed by atoms with Gasteiger partial charge in [-0.05, 0) is 49.7 Å². The predicted molar refractivity (Wildman–Crippen MR) is 60.3 cm³/mol. The highest BCUT2D eigenvalue weighted by Crippen LogP contribution is 2.61. The van der Waals surface area contributed by atoms with Gasteiger partial charge in [0.05, 0.1) is 0 Å². The lowest BCUT2D eigenvalue weighted by Crippen LogP contribution is -2.13. The number of hydrogen-bond donors (Lipinski definition) is 1. The monoisotopic (exact) mass is 207 g/mol. The fourth-order valence-electron chi connectivity index (χ4n) is 3.23. The van der Waals surface area contributed by atoms with Crippen LogP contribution in [-0.4, -0.2) is 0 Å². The van der Waals surface area contributed by atoms with Crippen molar-refractivity contribution in [2.24, 2.45) is 23.5 Å². The highest BCUT2D eigenvalue weighted by Gasteiger charge is 2.55. The summed E-state index contributed by atoms with van der Waals surface area (Å²) in [5.41, 5.74) is 6.31. The van der Waals surface area contributed by atoms with Crippen molar-refractivity contribution in [2.75, 3.05) is 0 Å². The molecule has 2 saturated carbocycles. The number of fused-ring (bicyclic) bond motifs is 1. The summed E-state index contributed by atoms with van der Waals surface area (Å²) in [5.74, 6) is 2.78. The van der Waals surface area contributed by atoms with Crippen LogP contribution in [0.4, 0.5) is 0 Å². The van der Waals surface area contributed by atoms with Crippen LogP contribution in [0.1, 0.15) is 35.1 Å². The molecule has 0 saturated heterocycles. The van der Waals surface area contributed by atoms with Crippen molar-refractivity contribution in [1.82, 2.24) is 0 Å². The van der Waals surface area contributed by atoms with Crippen molar-refractivity contribution in [3.05, 3.63) is 21.9 Å². The first-order chi connectivity index (χ1) is 6.77. The SMILES string of the molecule is Cc1ccc(C(N)C2C3CCCC32)s1. The van der Waals surface area contributed by atoms with E-state index in [1.807, 2.05) is 11.3 Å². The third-order valence-corrected chi connectivity index (χ3v) is 5.08. The Labute approximate surface area is 89.3 Å². The van der Waals surface area contributed by atoms with Crippen LogP contribution in [0.15, 0.2) is 12.1 Å². The molecule has 0 aromatic carbocycles. The quantitative estimate of drug-likeness (QED) is 0.792. The molecule has 14 heavy (non-hydrogen) atoms. The Kier molecular flexibility index (Phi) is 1.96. The van der Waals surface area contributed by atoms with Crippen molar-refractivity contribution in [2.45, 2.75) is 32.2 Å². The van der Waals surface area contributed by atoms with Gasteiger partial charge >= 0.3 is 0 Å². The van der Waals surface area contributed by atoms with Crippen molar-refractivity contribution in [3.8, 4) is 0 Å². The van der Waals surface area contributed by atoms with E-state index in [-0.39, 0.29) is 0 Å². The molecule has 1 heterocycles. The molecule has 0 radical (unpaired) electrons. The van der Waals surface area contributed by atoms with Gasteiger partial charge in [0, 0.05) is 15.8 Å². The Morgan fingerprint density at radius 3 is 2.64 bits per heavy atom. The summed E-state index contributed by atoms with van der Waals surface area (Å²) in [6, 6.07) is 4.75. The molecule has 1 nitrogen and oxygen atoms in total. The Morgan fingerprint density at radius 1 is 1.36 bits per heavy atom. The average molecular weight is 207 g/mol. The van der Waals surface area contributed by atoms with Crippen molar-refractivity contribution in [3.63, 3.8) is 0 Å². The fourth-order valence-corrected chi connectivity index (χ4v) is 4.17. The van der Waals surface area contributed by atoms with E-state index in [9.17, 15) is 0 Å². The molecular formula is C12H17NS. The number of rotatable bonds is 2. The molecule has 3 unspecified atom stereocenters. The second kappa shape index (κ2) is 3.07. The number of hydrogen-bond acceptors (Lipinski definition) is 2. The molecule has 3 atom stereocenters. The Morgan fingerprint density at radius 2 is 2.07 bits per heavy atom. The van der Waals surface area contributed by atoms with Crippen molar-refractivity contribution >= 4 is 11.3 Å². The first-order valence-corrected chi connectivity index (χ1v) is 6.41. The van der Waals surface area contributed by atoms with Gasteiger partial charge in [-0.1, -0.05) is 6.42 Å². The fraction of sp³-hybridized carbons (Fsp3) is 0.667. The van der Waals surface area contributed by atoms with E-state index in [0.29, 0.717) is 6.04 Å². The summed E-state index contributed by atoms with van der Waals surface area (Å²) >= 11 is 1.88. The molecular weight excluding hydrogens is 190 g/mol. The smallest absolute Gasteiger partial charge is 0.0424 e. The first-order valence-electron chi connectivity index (χ1n) is 5.59. The molecule has 2 heteroatoms. The molecule has 2 aliphatic carbocycles. The van der Waals surface area contributed by atoms with E-state index in [0.717, 1.165) is 17.8 Å². The van der Waals surface area contributed by atoms with Gasteiger partial charge in [-0.2, -0.15) is 0 Å². The predicted octanol–water partition coefficient (Wildman–Crippen LogP) is 3.10. The van der Waals surface area contributed by atoms with Crippen LogP contribution in [0.5, 0.6) is 0 Å². The van der Waals surface area contributed by atoms with E-state index < -0.39 is 0 Å². The highest BCUT2D eigenvalue weighted by molar-refractivity contribution is 7.12. The minimum Gasteiger partial charge on any atom is -0.323 e. The number of thiophene rings is 1. The van der Waals surface area contributed by atoms with Crippen LogP contribution in [0.25, 0.3) is 0 Å². The second-order valence-electron chi connectivity index (χ2n) is 4.81. The van der Waals surface area contributed by atoms with Gasteiger partial charge in [0.15, 0.2) is 0 Å². The maximum Gasteiger partial charge on any atom is 0.0424 e. The zero-order valence-electron chi connectivity index (χ0n) is 8.57. The van der Waals surface area contributed by atoms with Gasteiger partial charge in [0.1, 0.15) is 0 Å². The van der Waals surface area contributed by atoms with Gasteiger partial charge in [-0.15, -0.1) is 11.3 Å². The summed E-state index contributed by atoms with van der Waals surface area (Å²) in [5, 5.41) is 0. The maximum atomic E-state index is 6.31. The number of aryl methyl sites for hydroxylation is 1. The van der Waals surface area contributed by atoms with Gasteiger partial charge < -0.3 is 5.73 Å². The summed E-state index contributed by atoms with van der Waals surface area (Å²) in [7, 11) is 0. The maximum absolute atomic E-state index is 6.31. The molecule has 1 aromatic heterocycles. The van der Waals surface area contributed by atoms with Crippen LogP contribution in [0.2, 0.25) is 0 Å². The van der Waals surface area contributed by atoms with Gasteiger partial charge in [0.2, 0.25) is 0 Å². The lowest BCUT2D eigenvalue weighted by Gasteiger charge is -2.11. The molecule has 0 spiro atoms. The van der Waals surface area contributed by atoms with E-state index in [2.05, 4.69) is 19.1 Å². The topological polar surface area (TPSA) is 26.0 Å². The highest BCUT2D eigenvalue weighted by atomic mass is 32.1. The molecule has 0 aliphatic heterocycles. The van der Waals surface area contributed by atoms with Gasteiger partial charge in [-0.3, -0.25) is 0 Å². The lowest BCUT2D eigenvalue weighted by molar-refractivity contribution is 0.507. The zero-order valence-corrected chi connectivity index (χ0v) is 9.39. The normalized spacial score (nSPS) is 36.9. The minimum absolute atomic E-state index is 0.337. The molecule has 0 amide bonds. The summed E-state index contributed by atoms with van der Waals surface area (Å²) in [6.45, 7) is 2.16. The van der Waals surface area contributed by atoms with Gasteiger partial charge in [0.25, 0.3) is 0 Å². The standard InChI is InChI=1S/C12H17NS/c1-7-5-6-10(14-7)12(13)11-8-3-2-4-9(8)11/h5-6,8-9,11-12H,2-4,13H2,1H3. The largest absolute Gasteiger partial charge is 0.323 e. The molecule has 1 aromatic rings. The summed E-state index contributed by atoms with van der Waals surface area (Å²) in [6.07, 6.45) is 4.32. The van der Waals surface area contributed by atoms with Crippen LogP contribution >= 0.6 is 11.3 Å². The van der Waals surface area contributed by atoms with Crippen LogP contribution in [-0.2, 0) is 0 Å². The Balaban J connectivity index is 1.75. The first kappa shape index (κ1) is 8.93. The Bertz CT molecular complexity index is 334. The molecule has 0 bridgehead atoms. The molecule has 76 valence electrons. The summed E-state index contributed by atoms with van der Waals surface area (Å²) < 4.78 is 0. The van der Waals surface area contributed by atoms with E-state index in [1.165, 1.54) is 29.0 Å². The van der Waals surface area contributed by atoms with Gasteiger partial charge in [-0.25, -0.2) is 0 Å². The van der Waals surface area contributed by atoms with E-state index in [4.69, 9.17) is 5.73 Å². The van der Waals surface area contributed by atoms with Crippen molar-refractivity contribution in [1.29, 1.82) is 0 Å². The molecule has 2 aliphatic rings. The third kappa shape index (κ3) is 1.24. The van der Waals surface area contributed by atoms with E-state index >= 15 is 0 Å². The molecule has 2 fully saturated rings. The lowest BCUT2D eigenvalue weighted by atomic mass is 10.0. The van der Waals surface area contributed by atoms with Crippen LogP contribution in [0.3, 0.4) is 0 Å². The Hall–Kier alpha value is -0.340. The van der Waals surface area contributed by atoms with Crippen LogP contribution < -0.4 is 5.73 Å².